The highest BCUT2D eigenvalue weighted by molar-refractivity contribution is 7.12. The van der Waals surface area contributed by atoms with Crippen LogP contribution in [0.25, 0.3) is 11.3 Å². The van der Waals surface area contributed by atoms with Crippen molar-refractivity contribution in [2.24, 2.45) is 5.73 Å². The predicted octanol–water partition coefficient (Wildman–Crippen LogP) is 3.42. The van der Waals surface area contributed by atoms with Gasteiger partial charge in [0.05, 0.1) is 5.69 Å². The van der Waals surface area contributed by atoms with Gasteiger partial charge < -0.3 is 5.73 Å². The summed E-state index contributed by atoms with van der Waals surface area (Å²) in [5.41, 5.74) is 9.79. The SMILES string of the molecule is Cc1ccccc1-c1nc(C2(CN)CC2)sc1C. The van der Waals surface area contributed by atoms with E-state index in [2.05, 4.69) is 38.1 Å². The highest BCUT2D eigenvalue weighted by Gasteiger charge is 2.45. The van der Waals surface area contributed by atoms with Crippen molar-refractivity contribution in [3.63, 3.8) is 0 Å². The fourth-order valence-corrected chi connectivity index (χ4v) is 3.55. The molecule has 0 spiro atoms. The topological polar surface area (TPSA) is 38.9 Å². The van der Waals surface area contributed by atoms with Gasteiger partial charge in [-0.05, 0) is 32.3 Å². The number of aromatic nitrogens is 1. The van der Waals surface area contributed by atoms with Crippen LogP contribution in [-0.2, 0) is 5.41 Å². The van der Waals surface area contributed by atoms with Crippen molar-refractivity contribution in [3.8, 4) is 11.3 Å². The molecule has 3 heteroatoms. The molecule has 1 fully saturated rings. The summed E-state index contributed by atoms with van der Waals surface area (Å²) >= 11 is 1.82. The van der Waals surface area contributed by atoms with Crippen molar-refractivity contribution in [2.75, 3.05) is 6.54 Å². The fourth-order valence-electron chi connectivity index (χ4n) is 2.37. The molecule has 0 amide bonds. The average molecular weight is 258 g/mol. The van der Waals surface area contributed by atoms with E-state index in [1.165, 1.54) is 33.9 Å². The number of nitrogens with zero attached hydrogens (tertiary/aromatic N) is 1. The third-order valence-electron chi connectivity index (χ3n) is 3.89. The van der Waals surface area contributed by atoms with Crippen LogP contribution >= 0.6 is 11.3 Å². The lowest BCUT2D eigenvalue weighted by atomic mass is 10.0. The molecule has 2 nitrogen and oxygen atoms in total. The molecule has 1 aliphatic carbocycles. The van der Waals surface area contributed by atoms with Crippen molar-refractivity contribution in [3.05, 3.63) is 39.7 Å². The molecule has 0 unspecified atom stereocenters. The van der Waals surface area contributed by atoms with Gasteiger partial charge in [-0.15, -0.1) is 11.3 Å². The van der Waals surface area contributed by atoms with Gasteiger partial charge in [0.15, 0.2) is 0 Å². The third kappa shape index (κ3) is 1.78. The number of hydrogen-bond donors (Lipinski definition) is 1. The summed E-state index contributed by atoms with van der Waals surface area (Å²) in [4.78, 5) is 6.19. The summed E-state index contributed by atoms with van der Waals surface area (Å²) in [6, 6.07) is 8.45. The molecule has 1 aromatic carbocycles. The van der Waals surface area contributed by atoms with Gasteiger partial charge in [0.2, 0.25) is 0 Å². The lowest BCUT2D eigenvalue weighted by Crippen LogP contribution is -2.19. The van der Waals surface area contributed by atoms with E-state index in [4.69, 9.17) is 10.7 Å². The first-order chi connectivity index (χ1) is 8.66. The number of thiazole rings is 1. The van der Waals surface area contributed by atoms with Crippen molar-refractivity contribution in [1.29, 1.82) is 0 Å². The normalized spacial score (nSPS) is 16.8. The van der Waals surface area contributed by atoms with Crippen LogP contribution in [0.15, 0.2) is 24.3 Å². The largest absolute Gasteiger partial charge is 0.329 e. The van der Waals surface area contributed by atoms with Crippen molar-refractivity contribution in [1.82, 2.24) is 4.98 Å². The van der Waals surface area contributed by atoms with Crippen LogP contribution in [0.2, 0.25) is 0 Å². The molecule has 94 valence electrons. The summed E-state index contributed by atoms with van der Waals surface area (Å²) in [6.45, 7) is 5.03. The van der Waals surface area contributed by atoms with Crippen LogP contribution < -0.4 is 5.73 Å². The number of nitrogens with two attached hydrogens (primary N) is 1. The first-order valence-electron chi connectivity index (χ1n) is 6.40. The Morgan fingerprint density at radius 2 is 2.00 bits per heavy atom. The summed E-state index contributed by atoms with van der Waals surface area (Å²) in [5.74, 6) is 0. The maximum absolute atomic E-state index is 5.90. The molecule has 18 heavy (non-hydrogen) atoms. The first kappa shape index (κ1) is 11.9. The highest BCUT2D eigenvalue weighted by atomic mass is 32.1. The van der Waals surface area contributed by atoms with Crippen LogP contribution in [0.3, 0.4) is 0 Å². The van der Waals surface area contributed by atoms with E-state index < -0.39 is 0 Å². The molecule has 0 aliphatic heterocycles. The average Bonchev–Trinajstić information content (AvgIpc) is 3.08. The van der Waals surface area contributed by atoms with Gasteiger partial charge in [0.1, 0.15) is 5.01 Å². The summed E-state index contributed by atoms with van der Waals surface area (Å²) in [7, 11) is 0. The van der Waals surface area contributed by atoms with E-state index in [-0.39, 0.29) is 5.41 Å². The Kier molecular flexibility index (Phi) is 2.76. The molecule has 0 saturated heterocycles. The Bertz CT molecular complexity index is 582. The van der Waals surface area contributed by atoms with Crippen molar-refractivity contribution in [2.45, 2.75) is 32.1 Å². The van der Waals surface area contributed by atoms with Gasteiger partial charge in [-0.2, -0.15) is 0 Å². The second-order valence-corrected chi connectivity index (χ2v) is 6.43. The first-order valence-corrected chi connectivity index (χ1v) is 7.22. The summed E-state index contributed by atoms with van der Waals surface area (Å²) in [6.07, 6.45) is 2.40. The van der Waals surface area contributed by atoms with E-state index in [0.717, 1.165) is 12.2 Å². The second kappa shape index (κ2) is 4.18. The second-order valence-electron chi connectivity index (χ2n) is 5.22. The molecule has 0 atom stereocenters. The van der Waals surface area contributed by atoms with E-state index in [9.17, 15) is 0 Å². The molecule has 3 rings (SSSR count). The Balaban J connectivity index is 2.07. The minimum Gasteiger partial charge on any atom is -0.329 e. The van der Waals surface area contributed by atoms with Gasteiger partial charge in [0.25, 0.3) is 0 Å². The molecular formula is C15H18N2S. The maximum Gasteiger partial charge on any atom is 0.101 e. The minimum atomic E-state index is 0.205. The quantitative estimate of drug-likeness (QED) is 0.916. The molecule has 1 aliphatic rings. The fraction of sp³-hybridized carbons (Fsp3) is 0.400. The molecule has 1 heterocycles. The zero-order chi connectivity index (χ0) is 12.8. The van der Waals surface area contributed by atoms with Crippen molar-refractivity contribution < 1.29 is 0 Å². The number of benzene rings is 1. The molecular weight excluding hydrogens is 240 g/mol. The molecule has 1 saturated carbocycles. The predicted molar refractivity (Wildman–Crippen MR) is 77.0 cm³/mol. The summed E-state index contributed by atoms with van der Waals surface area (Å²) < 4.78 is 0. The zero-order valence-corrected chi connectivity index (χ0v) is 11.7. The molecule has 2 N–H and O–H groups in total. The van der Waals surface area contributed by atoms with Gasteiger partial charge in [-0.25, -0.2) is 4.98 Å². The third-order valence-corrected chi connectivity index (χ3v) is 5.11. The highest BCUT2D eigenvalue weighted by Crippen LogP contribution is 2.49. The van der Waals surface area contributed by atoms with Crippen LogP contribution in [0.1, 0.15) is 28.3 Å². The van der Waals surface area contributed by atoms with Gasteiger partial charge in [-0.1, -0.05) is 24.3 Å². The van der Waals surface area contributed by atoms with Gasteiger partial charge >= 0.3 is 0 Å². The van der Waals surface area contributed by atoms with Crippen LogP contribution in [0.4, 0.5) is 0 Å². The summed E-state index contributed by atoms with van der Waals surface area (Å²) in [5, 5.41) is 1.24. The molecule has 2 aromatic rings. The molecule has 0 bridgehead atoms. The lowest BCUT2D eigenvalue weighted by Gasteiger charge is -2.07. The Morgan fingerprint density at radius 1 is 1.28 bits per heavy atom. The van der Waals surface area contributed by atoms with E-state index >= 15 is 0 Å². The van der Waals surface area contributed by atoms with Crippen LogP contribution in [-0.4, -0.2) is 11.5 Å². The van der Waals surface area contributed by atoms with E-state index in [1.54, 1.807) is 0 Å². The standard InChI is InChI=1S/C15H18N2S/c1-10-5-3-4-6-12(10)13-11(2)18-14(17-13)15(9-16)7-8-15/h3-6H,7-9,16H2,1-2H3. The molecule has 0 radical (unpaired) electrons. The monoisotopic (exact) mass is 258 g/mol. The smallest absolute Gasteiger partial charge is 0.101 e. The van der Waals surface area contributed by atoms with E-state index in [0.29, 0.717) is 0 Å². The maximum atomic E-state index is 5.90. The minimum absolute atomic E-state index is 0.205. The lowest BCUT2D eigenvalue weighted by molar-refractivity contribution is 0.698. The number of hydrogen-bond acceptors (Lipinski definition) is 3. The zero-order valence-electron chi connectivity index (χ0n) is 10.9. The van der Waals surface area contributed by atoms with Gasteiger partial charge in [-0.3, -0.25) is 0 Å². The Labute approximate surface area is 112 Å². The van der Waals surface area contributed by atoms with Crippen molar-refractivity contribution >= 4 is 11.3 Å². The van der Waals surface area contributed by atoms with Crippen LogP contribution in [0, 0.1) is 13.8 Å². The van der Waals surface area contributed by atoms with Gasteiger partial charge in [0, 0.05) is 22.4 Å². The Hall–Kier alpha value is -1.19. The number of rotatable bonds is 3. The number of aryl methyl sites for hydroxylation is 2. The Morgan fingerprint density at radius 3 is 2.61 bits per heavy atom. The van der Waals surface area contributed by atoms with Crippen LogP contribution in [0.5, 0.6) is 0 Å². The molecule has 1 aromatic heterocycles. The van der Waals surface area contributed by atoms with E-state index in [1.807, 2.05) is 11.3 Å².